The number of benzene rings is 1. The van der Waals surface area contributed by atoms with Gasteiger partial charge in [-0.2, -0.15) is 16.9 Å². The van der Waals surface area contributed by atoms with Crippen molar-refractivity contribution in [1.82, 2.24) is 9.78 Å². The van der Waals surface area contributed by atoms with Crippen LogP contribution in [0.2, 0.25) is 0 Å². The van der Waals surface area contributed by atoms with E-state index < -0.39 is 18.0 Å². The Balaban J connectivity index is 0.00000192. The average molecular weight is 608 g/mol. The topological polar surface area (TPSA) is 46.9 Å². The fourth-order valence-electron chi connectivity index (χ4n) is 5.79. The zero-order valence-corrected chi connectivity index (χ0v) is 20.3. The molecule has 3 aliphatic rings. The molecule has 4 nitrogen and oxygen atoms in total. The minimum atomic E-state index is -2.78. The Hall–Kier alpha value is -1.19. The minimum Gasteiger partial charge on any atom is -0.322 e. The predicted molar refractivity (Wildman–Crippen MR) is 97.8 cm³/mol. The van der Waals surface area contributed by atoms with E-state index in [1.54, 1.807) is 5.92 Å². The van der Waals surface area contributed by atoms with E-state index in [0.29, 0.717) is 17.8 Å². The molecule has 146 valence electrons. The molecule has 2 saturated carbocycles. The summed E-state index contributed by atoms with van der Waals surface area (Å²) in [7, 11) is 1.54. The van der Waals surface area contributed by atoms with E-state index in [4.69, 9.17) is 0 Å². The van der Waals surface area contributed by atoms with Gasteiger partial charge >= 0.3 is 0 Å². The number of amides is 1. The molecular weight excluding hydrogens is 586 g/mol. The van der Waals surface area contributed by atoms with Crippen molar-refractivity contribution in [2.45, 2.75) is 44.4 Å². The molecule has 28 heavy (non-hydrogen) atoms. The van der Waals surface area contributed by atoms with Gasteiger partial charge in [-0.1, -0.05) is 32.4 Å². The van der Waals surface area contributed by atoms with Crippen LogP contribution >= 0.6 is 0 Å². The maximum absolute atomic E-state index is 13.2. The molecule has 3 aliphatic carbocycles. The summed E-state index contributed by atoms with van der Waals surface area (Å²) >= 11 is 0. The van der Waals surface area contributed by atoms with E-state index in [2.05, 4.69) is 30.3 Å². The Morgan fingerprint density at radius 3 is 2.75 bits per heavy atom. The van der Waals surface area contributed by atoms with Crippen molar-refractivity contribution in [2.75, 3.05) is 5.32 Å². The molecule has 1 heterocycles. The van der Waals surface area contributed by atoms with Crippen LogP contribution in [0, 0.1) is 48.9 Å². The zero-order valence-electron chi connectivity index (χ0n) is 16.1. The fourth-order valence-corrected chi connectivity index (χ4v) is 5.79. The van der Waals surface area contributed by atoms with Crippen LogP contribution in [0.1, 0.15) is 66.2 Å². The van der Waals surface area contributed by atoms with Crippen LogP contribution in [0.25, 0.3) is 0 Å². The Morgan fingerprint density at radius 2 is 2.14 bits per heavy atom. The molecule has 0 radical (unpaired) electrons. The van der Waals surface area contributed by atoms with E-state index in [1.807, 2.05) is 12.1 Å². The van der Waals surface area contributed by atoms with Crippen LogP contribution in [-0.4, -0.2) is 15.7 Å². The number of rotatable bonds is 4. The molecule has 0 saturated heterocycles. The molecule has 2 fully saturated rings. The molecule has 0 aliphatic heterocycles. The third-order valence-electron chi connectivity index (χ3n) is 6.84. The summed E-state index contributed by atoms with van der Waals surface area (Å²) < 4.78 is 27.7. The Kier molecular flexibility index (Phi) is 4.79. The number of carbonyl (C=O) groups is 1. The predicted octanol–water partition coefficient (Wildman–Crippen LogP) is 4.60. The van der Waals surface area contributed by atoms with Gasteiger partial charge in [0.2, 0.25) is 0 Å². The number of aryl methyl sites for hydroxylation is 1. The van der Waals surface area contributed by atoms with E-state index in [1.165, 1.54) is 41.9 Å². The maximum atomic E-state index is 13.2. The number of aromatic nitrogens is 2. The molecule has 5 rings (SSSR count). The molecule has 0 bridgehead atoms. The van der Waals surface area contributed by atoms with Crippen LogP contribution in [0.3, 0.4) is 0 Å². The normalized spacial score (nSPS) is 27.0. The van der Waals surface area contributed by atoms with Gasteiger partial charge in [0.25, 0.3) is 12.3 Å². The number of nitrogens with zero attached hydrogens (tertiary/aromatic N) is 2. The number of halogens is 2. The van der Waals surface area contributed by atoms with Crippen LogP contribution in [-0.2, 0) is 12.5 Å². The molecule has 1 aromatic carbocycles. The third kappa shape index (κ3) is 2.38. The second kappa shape index (κ2) is 6.67. The number of hydrogen-bond donors (Lipinski definition) is 1. The van der Waals surface area contributed by atoms with Crippen LogP contribution in [0.4, 0.5) is 14.5 Å². The average Bonchev–Trinajstić information content (AvgIpc) is 2.96. The first-order chi connectivity index (χ1) is 12.9. The van der Waals surface area contributed by atoms with Crippen LogP contribution in [0.5, 0.6) is 0 Å². The monoisotopic (exact) mass is 608 g/mol. The summed E-state index contributed by atoms with van der Waals surface area (Å²) in [6.07, 6.45) is 1.04. The van der Waals surface area contributed by atoms with Crippen molar-refractivity contribution in [3.05, 3.63) is 52.7 Å². The van der Waals surface area contributed by atoms with Gasteiger partial charge in [0, 0.05) is 50.0 Å². The van der Waals surface area contributed by atoms with Gasteiger partial charge in [0.05, 0.1) is 5.56 Å². The largest absolute Gasteiger partial charge is 0.322 e. The molecular formula is C21H22F2N3OU-. The van der Waals surface area contributed by atoms with Gasteiger partial charge in [-0.15, -0.1) is 5.92 Å². The standard InChI is InChI=1S/C21H22F2N3O.U/c1-10(2)15-13-7-8-21(13)12-5-4-6-14(16(12)17(15)21)24-20(27)11-9-26(3)25-18(11)19(22)23;/h4-6,9-10,13,17,19H,7-8H2,1-3H3,(H,24,27);/q-1;/t13-,17+,21?;/m1./s1. The van der Waals surface area contributed by atoms with Crippen molar-refractivity contribution in [3.8, 4) is 0 Å². The van der Waals surface area contributed by atoms with Crippen LogP contribution in [0.15, 0.2) is 24.4 Å². The molecule has 1 amide bonds. The Bertz CT molecular complexity index is 957. The molecule has 3 atom stereocenters. The van der Waals surface area contributed by atoms with Gasteiger partial charge in [0.15, 0.2) is 0 Å². The number of fused-ring (bicyclic) bond motifs is 2. The third-order valence-corrected chi connectivity index (χ3v) is 6.84. The number of anilines is 1. The number of alkyl halides is 2. The van der Waals surface area contributed by atoms with E-state index in [9.17, 15) is 13.6 Å². The van der Waals surface area contributed by atoms with Gasteiger partial charge in [-0.3, -0.25) is 15.4 Å². The summed E-state index contributed by atoms with van der Waals surface area (Å²) in [5.74, 6) is 2.68. The summed E-state index contributed by atoms with van der Waals surface area (Å²) in [6.45, 7) is 4.47. The number of nitrogens with one attached hydrogen (secondary N) is 1. The molecule has 1 N–H and O–H groups in total. The molecule has 1 aromatic heterocycles. The van der Waals surface area contributed by atoms with Crippen LogP contribution < -0.4 is 5.32 Å². The Labute approximate surface area is 186 Å². The number of carbonyl (C=O) groups excluding carboxylic acids is 1. The minimum absolute atomic E-state index is 0. The van der Waals surface area contributed by atoms with Gasteiger partial charge < -0.3 is 5.32 Å². The van der Waals surface area contributed by atoms with E-state index in [-0.39, 0.29) is 42.1 Å². The maximum Gasteiger partial charge on any atom is 0.282 e. The first kappa shape index (κ1) is 20.1. The smallest absolute Gasteiger partial charge is 0.282 e. The summed E-state index contributed by atoms with van der Waals surface area (Å²) in [5, 5.41) is 6.62. The van der Waals surface area contributed by atoms with E-state index >= 15 is 0 Å². The Morgan fingerprint density at radius 1 is 1.39 bits per heavy atom. The van der Waals surface area contributed by atoms with Crippen molar-refractivity contribution in [3.63, 3.8) is 0 Å². The SMILES string of the molecule is CC(C)[C-]1[C@H]2CCC23c2cccc(NC(=O)c4cn(C)nc4C(F)F)c2[C@H]13.[U]. The summed E-state index contributed by atoms with van der Waals surface area (Å²) in [4.78, 5) is 12.7. The first-order valence-electron chi connectivity index (χ1n) is 9.49. The van der Waals surface area contributed by atoms with Gasteiger partial charge in [-0.05, 0) is 29.0 Å². The molecule has 7 heteroatoms. The van der Waals surface area contributed by atoms with Gasteiger partial charge in [-0.25, -0.2) is 8.78 Å². The number of hydrogen-bond acceptors (Lipinski definition) is 2. The summed E-state index contributed by atoms with van der Waals surface area (Å²) in [6, 6.07) is 6.00. The van der Waals surface area contributed by atoms with Gasteiger partial charge in [0.1, 0.15) is 5.69 Å². The van der Waals surface area contributed by atoms with Crippen molar-refractivity contribution < 1.29 is 44.7 Å². The molecule has 1 unspecified atom stereocenters. The summed E-state index contributed by atoms with van der Waals surface area (Å²) in [5.41, 5.74) is 3.03. The van der Waals surface area contributed by atoms with Crippen molar-refractivity contribution in [2.24, 2.45) is 18.9 Å². The second-order valence-corrected chi connectivity index (χ2v) is 8.34. The fraction of sp³-hybridized carbons (Fsp3) is 0.476. The van der Waals surface area contributed by atoms with Crippen molar-refractivity contribution >= 4 is 11.6 Å². The second-order valence-electron chi connectivity index (χ2n) is 8.34. The first-order valence-corrected chi connectivity index (χ1v) is 9.49. The molecule has 2 aromatic rings. The van der Waals surface area contributed by atoms with Crippen molar-refractivity contribution in [1.29, 1.82) is 0 Å². The zero-order chi connectivity index (χ0) is 19.1. The quantitative estimate of drug-likeness (QED) is 0.517. The van der Waals surface area contributed by atoms with E-state index in [0.717, 1.165) is 5.69 Å². The molecule has 1 spiro atoms.